The monoisotopic (exact) mass is 517 g/mol. The van der Waals surface area contributed by atoms with Gasteiger partial charge in [0.05, 0.1) is 24.5 Å². The van der Waals surface area contributed by atoms with Gasteiger partial charge in [-0.05, 0) is 32.4 Å². The quantitative estimate of drug-likeness (QED) is 0.496. The third kappa shape index (κ3) is 4.53. The number of carbonyl (C=O) groups excluding carboxylic acids is 2. The SMILES string of the molecule is Nc1nn2cc(F)cnc2c1C(=O)NC1CNCC(F)C1N1CCC(C(=O)N2CCN3CC[C@@H]2C3)CC1. The number of alkyl halides is 1. The van der Waals surface area contributed by atoms with Gasteiger partial charge in [0, 0.05) is 51.2 Å². The van der Waals surface area contributed by atoms with Gasteiger partial charge in [-0.15, -0.1) is 5.10 Å². The van der Waals surface area contributed by atoms with Crippen LogP contribution in [0.15, 0.2) is 12.4 Å². The number of halogens is 2. The van der Waals surface area contributed by atoms with Crippen molar-refractivity contribution >= 4 is 23.3 Å². The molecule has 4 fully saturated rings. The van der Waals surface area contributed by atoms with Crippen LogP contribution in [0.4, 0.5) is 14.6 Å². The predicted octanol–water partition coefficient (Wildman–Crippen LogP) is -0.513. The number of piperazine rings is 1. The highest BCUT2D eigenvalue weighted by Gasteiger charge is 2.43. The summed E-state index contributed by atoms with van der Waals surface area (Å²) < 4.78 is 29.9. The van der Waals surface area contributed by atoms with Crippen LogP contribution in [0.25, 0.3) is 5.65 Å². The van der Waals surface area contributed by atoms with Crippen LogP contribution in [0.1, 0.15) is 29.6 Å². The largest absolute Gasteiger partial charge is 0.381 e. The van der Waals surface area contributed by atoms with Crippen molar-refractivity contribution in [2.45, 2.75) is 43.6 Å². The predicted molar refractivity (Wildman–Crippen MR) is 131 cm³/mol. The van der Waals surface area contributed by atoms with E-state index in [-0.39, 0.29) is 35.4 Å². The zero-order valence-corrected chi connectivity index (χ0v) is 20.7. The molecule has 37 heavy (non-hydrogen) atoms. The fraction of sp³-hybridized carbons (Fsp3) is 0.667. The summed E-state index contributed by atoms with van der Waals surface area (Å²) in [5.74, 6) is -1.01. The van der Waals surface area contributed by atoms with Crippen LogP contribution in [0.3, 0.4) is 0 Å². The molecule has 6 rings (SSSR count). The molecule has 4 saturated heterocycles. The van der Waals surface area contributed by atoms with E-state index >= 15 is 4.39 Å². The molecule has 4 unspecified atom stereocenters. The fourth-order valence-corrected chi connectivity index (χ4v) is 6.55. The van der Waals surface area contributed by atoms with E-state index in [2.05, 4.69) is 35.4 Å². The number of likely N-dealkylation sites (tertiary alicyclic amines) is 1. The van der Waals surface area contributed by atoms with Crippen molar-refractivity contribution in [1.82, 2.24) is 39.9 Å². The highest BCUT2D eigenvalue weighted by molar-refractivity contribution is 6.04. The number of carbonyl (C=O) groups is 2. The normalized spacial score (nSPS) is 31.1. The lowest BCUT2D eigenvalue weighted by Crippen LogP contribution is -2.66. The maximum absolute atomic E-state index is 15.3. The topological polar surface area (TPSA) is 124 Å². The van der Waals surface area contributed by atoms with Gasteiger partial charge in [-0.3, -0.25) is 19.4 Å². The van der Waals surface area contributed by atoms with Crippen molar-refractivity contribution in [3.8, 4) is 0 Å². The van der Waals surface area contributed by atoms with E-state index in [4.69, 9.17) is 5.73 Å². The Balaban J connectivity index is 1.12. The summed E-state index contributed by atoms with van der Waals surface area (Å²) in [6.45, 7) is 5.57. The second kappa shape index (κ2) is 9.76. The van der Waals surface area contributed by atoms with Gasteiger partial charge in [0.25, 0.3) is 5.91 Å². The summed E-state index contributed by atoms with van der Waals surface area (Å²) in [5, 5.41) is 9.95. The molecule has 5 atom stereocenters. The number of rotatable bonds is 4. The number of nitrogen functional groups attached to an aromatic ring is 1. The minimum atomic E-state index is -1.19. The van der Waals surface area contributed by atoms with Crippen molar-refractivity contribution in [1.29, 1.82) is 0 Å². The highest BCUT2D eigenvalue weighted by Crippen LogP contribution is 2.29. The number of piperidine rings is 2. The molecule has 0 aromatic carbocycles. The van der Waals surface area contributed by atoms with Gasteiger partial charge < -0.3 is 21.3 Å². The maximum Gasteiger partial charge on any atom is 0.259 e. The molecule has 2 aromatic heterocycles. The van der Waals surface area contributed by atoms with E-state index in [0.29, 0.717) is 38.5 Å². The number of hydrogen-bond donors (Lipinski definition) is 3. The van der Waals surface area contributed by atoms with Gasteiger partial charge in [-0.25, -0.2) is 18.3 Å². The van der Waals surface area contributed by atoms with Crippen molar-refractivity contribution in [3.05, 3.63) is 23.8 Å². The molecule has 6 heterocycles. The Labute approximate surface area is 213 Å². The van der Waals surface area contributed by atoms with Crippen LogP contribution in [0.2, 0.25) is 0 Å². The van der Waals surface area contributed by atoms with E-state index in [1.54, 1.807) is 0 Å². The number of amides is 2. The minimum Gasteiger partial charge on any atom is -0.381 e. The van der Waals surface area contributed by atoms with E-state index in [1.165, 1.54) is 0 Å². The Morgan fingerprint density at radius 1 is 1.11 bits per heavy atom. The van der Waals surface area contributed by atoms with E-state index < -0.39 is 30.0 Å². The van der Waals surface area contributed by atoms with Gasteiger partial charge >= 0.3 is 0 Å². The number of nitrogens with zero attached hydrogens (tertiary/aromatic N) is 6. The first kappa shape index (κ1) is 24.4. The first-order valence-electron chi connectivity index (χ1n) is 13.1. The molecule has 4 N–H and O–H groups in total. The minimum absolute atomic E-state index is 0.0380. The molecule has 11 nitrogen and oxygen atoms in total. The van der Waals surface area contributed by atoms with E-state index in [1.807, 2.05) is 0 Å². The Bertz CT molecular complexity index is 1180. The van der Waals surface area contributed by atoms with Crippen LogP contribution >= 0.6 is 0 Å². The zero-order valence-electron chi connectivity index (χ0n) is 20.7. The van der Waals surface area contributed by atoms with E-state index in [0.717, 1.165) is 49.5 Å². The van der Waals surface area contributed by atoms with Crippen LogP contribution in [0, 0.1) is 11.7 Å². The highest BCUT2D eigenvalue weighted by atomic mass is 19.1. The lowest BCUT2D eigenvalue weighted by Gasteiger charge is -2.45. The van der Waals surface area contributed by atoms with E-state index in [9.17, 15) is 14.0 Å². The molecule has 2 aromatic rings. The fourth-order valence-electron chi connectivity index (χ4n) is 6.55. The Morgan fingerprint density at radius 3 is 2.73 bits per heavy atom. The third-order valence-electron chi connectivity index (χ3n) is 8.43. The van der Waals surface area contributed by atoms with Crippen molar-refractivity contribution in [2.24, 2.45) is 5.92 Å². The standard InChI is InChI=1S/C24H33F2N9O2/c25-15-9-29-22-19(21(27)31-35(22)12-15)23(36)30-18-11-28-10-17(26)20(18)33-5-1-14(2-6-33)24(37)34-8-7-32-4-3-16(34)13-32/h9,12,14,16-18,20,28H,1-8,10-11,13H2,(H2,27,31)(H,30,36)/t16-,17?,18?,20?/m1/s1. The van der Waals surface area contributed by atoms with Crippen LogP contribution in [-0.2, 0) is 4.79 Å². The number of fused-ring (bicyclic) bond motifs is 3. The molecule has 2 bridgehead atoms. The Morgan fingerprint density at radius 2 is 1.92 bits per heavy atom. The summed E-state index contributed by atoms with van der Waals surface area (Å²) in [6.07, 6.45) is 3.31. The van der Waals surface area contributed by atoms with Gasteiger partial charge in [-0.1, -0.05) is 0 Å². The van der Waals surface area contributed by atoms with Crippen molar-refractivity contribution in [2.75, 3.05) is 58.1 Å². The van der Waals surface area contributed by atoms with Crippen LogP contribution < -0.4 is 16.4 Å². The first-order chi connectivity index (χ1) is 17.9. The summed E-state index contributed by atoms with van der Waals surface area (Å²) in [7, 11) is 0. The molecule has 0 saturated carbocycles. The summed E-state index contributed by atoms with van der Waals surface area (Å²) in [6, 6.07) is -0.727. The molecular formula is C24H33F2N9O2. The lowest BCUT2D eigenvalue weighted by atomic mass is 9.89. The van der Waals surface area contributed by atoms with Crippen LogP contribution in [-0.4, -0.2) is 118 Å². The average Bonchev–Trinajstić information content (AvgIpc) is 3.42. The zero-order chi connectivity index (χ0) is 25.7. The lowest BCUT2D eigenvalue weighted by molar-refractivity contribution is -0.141. The number of nitrogens with one attached hydrogen (secondary N) is 2. The number of nitrogens with two attached hydrogens (primary N) is 1. The molecule has 13 heteroatoms. The smallest absolute Gasteiger partial charge is 0.259 e. The van der Waals surface area contributed by atoms with Crippen LogP contribution in [0.5, 0.6) is 0 Å². The summed E-state index contributed by atoms with van der Waals surface area (Å²) >= 11 is 0. The second-order valence-corrected chi connectivity index (χ2v) is 10.6. The molecular weight excluding hydrogens is 484 g/mol. The third-order valence-corrected chi connectivity index (χ3v) is 8.43. The molecule has 0 radical (unpaired) electrons. The molecule has 0 aliphatic carbocycles. The van der Waals surface area contributed by atoms with Gasteiger partial charge in [0.15, 0.2) is 17.3 Å². The Hall–Kier alpha value is -2.90. The molecule has 2 amide bonds. The Kier molecular flexibility index (Phi) is 6.45. The number of aromatic nitrogens is 3. The van der Waals surface area contributed by atoms with Crippen molar-refractivity contribution in [3.63, 3.8) is 0 Å². The first-order valence-corrected chi connectivity index (χ1v) is 13.1. The van der Waals surface area contributed by atoms with Gasteiger partial charge in [0.2, 0.25) is 5.91 Å². The molecule has 0 spiro atoms. The molecule has 200 valence electrons. The van der Waals surface area contributed by atoms with Gasteiger partial charge in [0.1, 0.15) is 11.7 Å². The summed E-state index contributed by atoms with van der Waals surface area (Å²) in [5.41, 5.74) is 6.12. The average molecular weight is 518 g/mol. The number of hydrogen-bond acceptors (Lipinski definition) is 8. The number of anilines is 1. The van der Waals surface area contributed by atoms with Gasteiger partial charge in [-0.2, -0.15) is 0 Å². The molecule has 4 aliphatic rings. The second-order valence-electron chi connectivity index (χ2n) is 10.6. The molecule has 4 aliphatic heterocycles. The summed E-state index contributed by atoms with van der Waals surface area (Å²) in [4.78, 5) is 37.0. The van der Waals surface area contributed by atoms with Crippen molar-refractivity contribution < 1.29 is 18.4 Å². The maximum atomic E-state index is 15.3.